The van der Waals surface area contributed by atoms with Gasteiger partial charge in [0, 0.05) is 55.6 Å². The lowest BCUT2D eigenvalue weighted by Gasteiger charge is -2.32. The van der Waals surface area contributed by atoms with E-state index in [0.29, 0.717) is 18.7 Å². The maximum absolute atomic E-state index is 12.8. The SMILES string of the molecule is O=C(c1ccncc1)N1CCC[C@@H](c2nccn2Cc2ccccn2)C1. The molecule has 1 amide bonds. The first-order chi connectivity index (χ1) is 12.8. The minimum Gasteiger partial charge on any atom is -0.338 e. The highest BCUT2D eigenvalue weighted by molar-refractivity contribution is 5.94. The van der Waals surface area contributed by atoms with E-state index in [-0.39, 0.29) is 11.8 Å². The van der Waals surface area contributed by atoms with Gasteiger partial charge >= 0.3 is 0 Å². The van der Waals surface area contributed by atoms with Gasteiger partial charge in [-0.1, -0.05) is 6.07 Å². The van der Waals surface area contributed by atoms with Crippen LogP contribution in [0, 0.1) is 0 Å². The molecule has 132 valence electrons. The van der Waals surface area contributed by atoms with Crippen molar-refractivity contribution < 1.29 is 4.79 Å². The number of nitrogens with zero attached hydrogens (tertiary/aromatic N) is 5. The molecule has 0 aromatic carbocycles. The van der Waals surface area contributed by atoms with Gasteiger partial charge in [0.2, 0.25) is 0 Å². The number of hydrogen-bond acceptors (Lipinski definition) is 4. The highest BCUT2D eigenvalue weighted by atomic mass is 16.2. The van der Waals surface area contributed by atoms with Gasteiger partial charge in [0.05, 0.1) is 12.2 Å². The molecule has 3 aromatic rings. The van der Waals surface area contributed by atoms with Crippen molar-refractivity contribution in [3.63, 3.8) is 0 Å². The molecule has 3 aromatic heterocycles. The standard InChI is InChI=1S/C20H21N5O/c26-20(16-6-9-21-10-7-16)25-12-3-4-17(14-25)19-23-11-13-24(19)15-18-5-1-2-8-22-18/h1-2,5-11,13,17H,3-4,12,14-15H2/t17-/m1/s1. The third-order valence-corrected chi connectivity index (χ3v) is 4.81. The average molecular weight is 347 g/mol. The lowest BCUT2D eigenvalue weighted by Crippen LogP contribution is -2.39. The second kappa shape index (κ2) is 7.47. The van der Waals surface area contributed by atoms with Crippen LogP contribution < -0.4 is 0 Å². The molecule has 1 atom stereocenters. The van der Waals surface area contributed by atoms with Crippen LogP contribution in [0.4, 0.5) is 0 Å². The number of likely N-dealkylation sites (tertiary alicyclic amines) is 1. The zero-order valence-corrected chi connectivity index (χ0v) is 14.5. The van der Waals surface area contributed by atoms with Gasteiger partial charge in [0.15, 0.2) is 0 Å². The number of carbonyl (C=O) groups excluding carboxylic acids is 1. The van der Waals surface area contributed by atoms with Crippen LogP contribution in [0.15, 0.2) is 61.3 Å². The first kappa shape index (κ1) is 16.4. The number of pyridine rings is 2. The molecule has 1 saturated heterocycles. The van der Waals surface area contributed by atoms with Gasteiger partial charge in [0.1, 0.15) is 5.82 Å². The molecule has 0 bridgehead atoms. The van der Waals surface area contributed by atoms with E-state index in [2.05, 4.69) is 19.5 Å². The molecule has 0 saturated carbocycles. The Morgan fingerprint density at radius 3 is 2.77 bits per heavy atom. The van der Waals surface area contributed by atoms with E-state index in [1.54, 1.807) is 24.5 Å². The lowest BCUT2D eigenvalue weighted by atomic mass is 9.96. The predicted octanol–water partition coefficient (Wildman–Crippen LogP) is 2.74. The Morgan fingerprint density at radius 1 is 1.08 bits per heavy atom. The fraction of sp³-hybridized carbons (Fsp3) is 0.300. The number of hydrogen-bond donors (Lipinski definition) is 0. The van der Waals surface area contributed by atoms with Crippen LogP contribution in [-0.4, -0.2) is 43.4 Å². The summed E-state index contributed by atoms with van der Waals surface area (Å²) < 4.78 is 2.15. The van der Waals surface area contributed by atoms with Crippen LogP contribution in [0.25, 0.3) is 0 Å². The van der Waals surface area contributed by atoms with E-state index in [1.807, 2.05) is 41.7 Å². The van der Waals surface area contributed by atoms with Crippen LogP contribution in [0.5, 0.6) is 0 Å². The Labute approximate surface area is 152 Å². The number of amides is 1. The molecule has 0 N–H and O–H groups in total. The van der Waals surface area contributed by atoms with E-state index in [4.69, 9.17) is 0 Å². The minimum atomic E-state index is 0.0694. The molecule has 6 heteroatoms. The summed E-state index contributed by atoms with van der Waals surface area (Å²) in [4.78, 5) is 27.7. The summed E-state index contributed by atoms with van der Waals surface area (Å²) >= 11 is 0. The van der Waals surface area contributed by atoms with Crippen molar-refractivity contribution in [2.45, 2.75) is 25.3 Å². The minimum absolute atomic E-state index is 0.0694. The molecule has 4 rings (SSSR count). The summed E-state index contributed by atoms with van der Waals surface area (Å²) in [6, 6.07) is 9.47. The van der Waals surface area contributed by atoms with Gasteiger partial charge < -0.3 is 9.47 Å². The molecular formula is C20H21N5O. The van der Waals surface area contributed by atoms with Crippen molar-refractivity contribution in [2.24, 2.45) is 0 Å². The van der Waals surface area contributed by atoms with Crippen molar-refractivity contribution in [3.05, 3.63) is 78.4 Å². The molecule has 6 nitrogen and oxygen atoms in total. The van der Waals surface area contributed by atoms with Crippen molar-refractivity contribution in [3.8, 4) is 0 Å². The van der Waals surface area contributed by atoms with E-state index in [0.717, 1.165) is 30.9 Å². The van der Waals surface area contributed by atoms with E-state index < -0.39 is 0 Å². The zero-order chi connectivity index (χ0) is 17.8. The highest BCUT2D eigenvalue weighted by Crippen LogP contribution is 2.27. The summed E-state index contributed by atoms with van der Waals surface area (Å²) in [5, 5.41) is 0. The Hall–Kier alpha value is -3.02. The molecule has 0 spiro atoms. The third kappa shape index (κ3) is 3.49. The fourth-order valence-electron chi connectivity index (χ4n) is 3.53. The highest BCUT2D eigenvalue weighted by Gasteiger charge is 2.28. The Bertz CT molecular complexity index is 862. The van der Waals surface area contributed by atoms with E-state index >= 15 is 0 Å². The van der Waals surface area contributed by atoms with Crippen molar-refractivity contribution in [2.75, 3.05) is 13.1 Å². The molecule has 4 heterocycles. The van der Waals surface area contributed by atoms with Gasteiger partial charge in [0.25, 0.3) is 5.91 Å². The molecule has 1 fully saturated rings. The van der Waals surface area contributed by atoms with Crippen molar-refractivity contribution >= 4 is 5.91 Å². The molecule has 26 heavy (non-hydrogen) atoms. The summed E-state index contributed by atoms with van der Waals surface area (Å²) in [5.74, 6) is 1.34. The van der Waals surface area contributed by atoms with Crippen LogP contribution in [-0.2, 0) is 6.54 Å². The van der Waals surface area contributed by atoms with Gasteiger partial charge in [-0.15, -0.1) is 0 Å². The molecule has 0 aliphatic carbocycles. The van der Waals surface area contributed by atoms with Gasteiger partial charge in [-0.2, -0.15) is 0 Å². The maximum atomic E-state index is 12.8. The molecule has 1 aliphatic rings. The quantitative estimate of drug-likeness (QED) is 0.728. The maximum Gasteiger partial charge on any atom is 0.253 e. The second-order valence-electron chi connectivity index (χ2n) is 6.56. The van der Waals surface area contributed by atoms with E-state index in [9.17, 15) is 4.79 Å². The molecule has 0 unspecified atom stereocenters. The monoisotopic (exact) mass is 347 g/mol. The Kier molecular flexibility index (Phi) is 4.73. The largest absolute Gasteiger partial charge is 0.338 e. The van der Waals surface area contributed by atoms with E-state index in [1.165, 1.54) is 0 Å². The van der Waals surface area contributed by atoms with Gasteiger partial charge in [-0.3, -0.25) is 14.8 Å². The van der Waals surface area contributed by atoms with Crippen molar-refractivity contribution in [1.82, 2.24) is 24.4 Å². The van der Waals surface area contributed by atoms with Crippen LogP contribution in [0.3, 0.4) is 0 Å². The summed E-state index contributed by atoms with van der Waals surface area (Å²) in [6.07, 6.45) is 11.0. The number of carbonyl (C=O) groups is 1. The van der Waals surface area contributed by atoms with Gasteiger partial charge in [-0.25, -0.2) is 4.98 Å². The van der Waals surface area contributed by atoms with Crippen LogP contribution >= 0.6 is 0 Å². The molecule has 0 radical (unpaired) electrons. The normalized spacial score (nSPS) is 17.2. The predicted molar refractivity (Wildman–Crippen MR) is 97.7 cm³/mol. The van der Waals surface area contributed by atoms with Gasteiger partial charge in [-0.05, 0) is 37.1 Å². The molecular weight excluding hydrogens is 326 g/mol. The zero-order valence-electron chi connectivity index (χ0n) is 14.5. The summed E-state index contributed by atoms with van der Waals surface area (Å²) in [6.45, 7) is 2.18. The number of rotatable bonds is 4. The van der Waals surface area contributed by atoms with Crippen molar-refractivity contribution in [1.29, 1.82) is 0 Å². The smallest absolute Gasteiger partial charge is 0.253 e. The number of piperidine rings is 1. The number of imidazole rings is 1. The topological polar surface area (TPSA) is 63.9 Å². The summed E-state index contributed by atoms with van der Waals surface area (Å²) in [7, 11) is 0. The van der Waals surface area contributed by atoms with Crippen LogP contribution in [0.1, 0.15) is 40.6 Å². The third-order valence-electron chi connectivity index (χ3n) is 4.81. The lowest BCUT2D eigenvalue weighted by molar-refractivity contribution is 0.0703. The Morgan fingerprint density at radius 2 is 1.96 bits per heavy atom. The first-order valence-electron chi connectivity index (χ1n) is 8.91. The second-order valence-corrected chi connectivity index (χ2v) is 6.56. The summed E-state index contributed by atoms with van der Waals surface area (Å²) in [5.41, 5.74) is 1.70. The number of aromatic nitrogens is 4. The average Bonchev–Trinajstić information content (AvgIpc) is 3.17. The first-order valence-corrected chi connectivity index (χ1v) is 8.91. The Balaban J connectivity index is 1.50. The fourth-order valence-corrected chi connectivity index (χ4v) is 3.53. The van der Waals surface area contributed by atoms with Crippen LogP contribution in [0.2, 0.25) is 0 Å². The molecule has 1 aliphatic heterocycles.